The zero-order valence-corrected chi connectivity index (χ0v) is 13.7. The van der Waals surface area contributed by atoms with Crippen LogP contribution in [-0.2, 0) is 0 Å². The molecule has 3 nitrogen and oxygen atoms in total. The van der Waals surface area contributed by atoms with Crippen LogP contribution >= 0.6 is 23.8 Å². The van der Waals surface area contributed by atoms with Crippen LogP contribution in [0.4, 0.5) is 5.69 Å². The third kappa shape index (κ3) is 3.25. The predicted molar refractivity (Wildman–Crippen MR) is 90.9 cm³/mol. The summed E-state index contributed by atoms with van der Waals surface area (Å²) < 4.78 is 0. The van der Waals surface area contributed by atoms with E-state index in [0.29, 0.717) is 16.1 Å². The molecule has 1 fully saturated rings. The summed E-state index contributed by atoms with van der Waals surface area (Å²) in [6, 6.07) is 6.50. The zero-order chi connectivity index (χ0) is 14.7. The highest BCUT2D eigenvalue weighted by molar-refractivity contribution is 7.80. The smallest absolute Gasteiger partial charge is 0.107 e. The molecule has 1 aliphatic heterocycles. The lowest BCUT2D eigenvalue weighted by Gasteiger charge is -2.39. The number of nitrogens with two attached hydrogens (primary N) is 1. The second-order valence-electron chi connectivity index (χ2n) is 5.28. The molecule has 1 heterocycles. The zero-order valence-electron chi connectivity index (χ0n) is 12.1. The molecular weight excluding hydrogens is 290 g/mol. The third-order valence-corrected chi connectivity index (χ3v) is 4.63. The quantitative estimate of drug-likeness (QED) is 0.867. The fourth-order valence-corrected chi connectivity index (χ4v) is 3.22. The molecule has 0 spiro atoms. The van der Waals surface area contributed by atoms with Crippen LogP contribution in [0.15, 0.2) is 18.2 Å². The van der Waals surface area contributed by atoms with Crippen molar-refractivity contribution >= 4 is 34.5 Å². The van der Waals surface area contributed by atoms with Gasteiger partial charge in [-0.25, -0.2) is 0 Å². The van der Waals surface area contributed by atoms with Gasteiger partial charge in [0.15, 0.2) is 0 Å². The average Bonchev–Trinajstić information content (AvgIpc) is 2.46. The lowest BCUT2D eigenvalue weighted by molar-refractivity contribution is 0.193. The van der Waals surface area contributed by atoms with Gasteiger partial charge in [0.25, 0.3) is 0 Å². The highest BCUT2D eigenvalue weighted by Crippen LogP contribution is 2.28. The number of halogens is 1. The van der Waals surface area contributed by atoms with Gasteiger partial charge in [0.1, 0.15) is 4.99 Å². The first-order valence-corrected chi connectivity index (χ1v) is 7.90. The SMILES string of the molecule is CCC(C)N1CCN(c2cccc(Cl)c2C(N)=S)CC1. The molecule has 1 aromatic carbocycles. The van der Waals surface area contributed by atoms with Gasteiger partial charge in [-0.3, -0.25) is 4.90 Å². The number of benzene rings is 1. The Morgan fingerprint density at radius 1 is 1.35 bits per heavy atom. The number of nitrogens with zero attached hydrogens (tertiary/aromatic N) is 2. The molecule has 0 aliphatic carbocycles. The molecule has 0 amide bonds. The van der Waals surface area contributed by atoms with Crippen molar-refractivity contribution < 1.29 is 0 Å². The van der Waals surface area contributed by atoms with Gasteiger partial charge < -0.3 is 10.6 Å². The monoisotopic (exact) mass is 311 g/mol. The van der Waals surface area contributed by atoms with Crippen LogP contribution in [-0.4, -0.2) is 42.1 Å². The molecule has 0 bridgehead atoms. The minimum absolute atomic E-state index is 0.370. The van der Waals surface area contributed by atoms with Crippen LogP contribution in [0.3, 0.4) is 0 Å². The van der Waals surface area contributed by atoms with Crippen molar-refractivity contribution in [2.24, 2.45) is 5.73 Å². The van der Waals surface area contributed by atoms with E-state index in [4.69, 9.17) is 29.6 Å². The van der Waals surface area contributed by atoms with Crippen molar-refractivity contribution in [1.82, 2.24) is 4.90 Å². The Hall–Kier alpha value is -0.840. The van der Waals surface area contributed by atoms with Gasteiger partial charge >= 0.3 is 0 Å². The van der Waals surface area contributed by atoms with Crippen molar-refractivity contribution in [3.05, 3.63) is 28.8 Å². The standard InChI is InChI=1S/C15H22ClN3S/c1-3-11(2)18-7-9-19(10-8-18)13-6-4-5-12(16)14(13)15(17)20/h4-6,11H,3,7-10H2,1-2H3,(H2,17,20). The molecule has 2 rings (SSSR count). The Balaban J connectivity index is 2.15. The normalized spacial score (nSPS) is 18.1. The molecular formula is C15H22ClN3S. The minimum Gasteiger partial charge on any atom is -0.389 e. The number of piperazine rings is 1. The summed E-state index contributed by atoms with van der Waals surface area (Å²) in [5.41, 5.74) is 7.70. The average molecular weight is 312 g/mol. The van der Waals surface area contributed by atoms with Gasteiger partial charge in [0.05, 0.1) is 10.6 Å². The van der Waals surface area contributed by atoms with Crippen LogP contribution in [0.5, 0.6) is 0 Å². The van der Waals surface area contributed by atoms with E-state index in [9.17, 15) is 0 Å². The molecule has 2 N–H and O–H groups in total. The second-order valence-corrected chi connectivity index (χ2v) is 6.13. The lowest BCUT2D eigenvalue weighted by Crippen LogP contribution is -2.49. The van der Waals surface area contributed by atoms with Crippen LogP contribution in [0.1, 0.15) is 25.8 Å². The van der Waals surface area contributed by atoms with Crippen molar-refractivity contribution in [2.75, 3.05) is 31.1 Å². The van der Waals surface area contributed by atoms with Crippen LogP contribution in [0.25, 0.3) is 0 Å². The molecule has 1 atom stereocenters. The van der Waals surface area contributed by atoms with Crippen molar-refractivity contribution in [2.45, 2.75) is 26.3 Å². The number of anilines is 1. The number of hydrogen-bond donors (Lipinski definition) is 1. The maximum absolute atomic E-state index is 6.24. The summed E-state index contributed by atoms with van der Waals surface area (Å²) in [5, 5.41) is 0.638. The molecule has 0 aromatic heterocycles. The predicted octanol–water partition coefficient (Wildman–Crippen LogP) is 2.89. The Morgan fingerprint density at radius 2 is 2.00 bits per heavy atom. The molecule has 5 heteroatoms. The summed E-state index contributed by atoms with van der Waals surface area (Å²) in [4.78, 5) is 5.23. The molecule has 20 heavy (non-hydrogen) atoms. The Labute approximate surface area is 131 Å². The summed E-state index contributed by atoms with van der Waals surface area (Å²) >= 11 is 11.4. The van der Waals surface area contributed by atoms with E-state index in [1.165, 1.54) is 6.42 Å². The van der Waals surface area contributed by atoms with E-state index >= 15 is 0 Å². The van der Waals surface area contributed by atoms with Crippen molar-refractivity contribution in [3.8, 4) is 0 Å². The number of hydrogen-bond acceptors (Lipinski definition) is 3. The Kier molecular flexibility index (Phi) is 5.24. The second kappa shape index (κ2) is 6.74. The summed E-state index contributed by atoms with van der Waals surface area (Å²) in [7, 11) is 0. The fourth-order valence-electron chi connectivity index (χ4n) is 2.68. The van der Waals surface area contributed by atoms with Gasteiger partial charge in [-0.15, -0.1) is 0 Å². The van der Waals surface area contributed by atoms with E-state index < -0.39 is 0 Å². The summed E-state index contributed by atoms with van der Waals surface area (Å²) in [6.45, 7) is 8.63. The largest absolute Gasteiger partial charge is 0.389 e. The minimum atomic E-state index is 0.370. The molecule has 110 valence electrons. The van der Waals surface area contributed by atoms with Gasteiger partial charge in [0.2, 0.25) is 0 Å². The lowest BCUT2D eigenvalue weighted by atomic mass is 10.1. The van der Waals surface area contributed by atoms with E-state index in [0.717, 1.165) is 37.4 Å². The summed E-state index contributed by atoms with van der Waals surface area (Å²) in [5.74, 6) is 0. The topological polar surface area (TPSA) is 32.5 Å². The van der Waals surface area contributed by atoms with Gasteiger partial charge in [0, 0.05) is 37.9 Å². The molecule has 1 saturated heterocycles. The molecule has 1 aliphatic rings. The molecule has 1 unspecified atom stereocenters. The number of rotatable bonds is 4. The van der Waals surface area contributed by atoms with Gasteiger partial charge in [-0.05, 0) is 25.5 Å². The van der Waals surface area contributed by atoms with Crippen LogP contribution in [0, 0.1) is 0 Å². The first-order valence-electron chi connectivity index (χ1n) is 7.12. The van der Waals surface area contributed by atoms with Gasteiger partial charge in [-0.1, -0.05) is 36.8 Å². The first kappa shape index (κ1) is 15.5. The van der Waals surface area contributed by atoms with E-state index in [2.05, 4.69) is 29.7 Å². The molecule has 0 saturated carbocycles. The van der Waals surface area contributed by atoms with Crippen molar-refractivity contribution in [1.29, 1.82) is 0 Å². The summed E-state index contributed by atoms with van der Waals surface area (Å²) in [6.07, 6.45) is 1.19. The molecule has 0 radical (unpaired) electrons. The third-order valence-electron chi connectivity index (χ3n) is 4.11. The maximum Gasteiger partial charge on any atom is 0.107 e. The van der Waals surface area contributed by atoms with E-state index in [1.807, 2.05) is 12.1 Å². The maximum atomic E-state index is 6.24. The van der Waals surface area contributed by atoms with Crippen LogP contribution in [0.2, 0.25) is 5.02 Å². The Bertz CT molecular complexity index is 484. The van der Waals surface area contributed by atoms with E-state index in [1.54, 1.807) is 0 Å². The van der Waals surface area contributed by atoms with E-state index in [-0.39, 0.29) is 0 Å². The highest BCUT2D eigenvalue weighted by Gasteiger charge is 2.23. The fraction of sp³-hybridized carbons (Fsp3) is 0.533. The number of thiocarbonyl (C=S) groups is 1. The van der Waals surface area contributed by atoms with Crippen LogP contribution < -0.4 is 10.6 Å². The highest BCUT2D eigenvalue weighted by atomic mass is 35.5. The molecule has 1 aromatic rings. The van der Waals surface area contributed by atoms with Gasteiger partial charge in [-0.2, -0.15) is 0 Å². The Morgan fingerprint density at radius 3 is 2.55 bits per heavy atom. The van der Waals surface area contributed by atoms with Crippen molar-refractivity contribution in [3.63, 3.8) is 0 Å². The first-order chi connectivity index (χ1) is 9.54.